The average Bonchev–Trinajstić information content (AvgIpc) is 3.07. The predicted molar refractivity (Wildman–Crippen MR) is 136 cm³/mol. The summed E-state index contributed by atoms with van der Waals surface area (Å²) in [6, 6.07) is 13.2. The highest BCUT2D eigenvalue weighted by atomic mass is 32.2. The van der Waals surface area contributed by atoms with Gasteiger partial charge in [-0.15, -0.1) is 0 Å². The zero-order chi connectivity index (χ0) is 28.6. The van der Waals surface area contributed by atoms with E-state index >= 15 is 0 Å². The van der Waals surface area contributed by atoms with Crippen molar-refractivity contribution in [3.8, 4) is 11.6 Å². The van der Waals surface area contributed by atoms with Crippen LogP contribution in [0.1, 0.15) is 16.8 Å². The van der Waals surface area contributed by atoms with E-state index in [-0.39, 0.29) is 29.4 Å². The molecule has 0 unspecified atom stereocenters. The number of hydrogen-bond donors (Lipinski definition) is 2. The summed E-state index contributed by atoms with van der Waals surface area (Å²) in [6.45, 7) is 1.22. The van der Waals surface area contributed by atoms with E-state index in [1.807, 2.05) is 0 Å². The SMILES string of the molecule is Cc1c(O)n(-c2ccc(S(=O)(=O)C(F)(F)F)cc2)c(=O)n1Cc1ccncc1NS(=O)(=O)Cc1ccccc1. The minimum absolute atomic E-state index is 0.0712. The first-order valence-electron chi connectivity index (χ1n) is 11.1. The summed E-state index contributed by atoms with van der Waals surface area (Å²) >= 11 is 0. The van der Waals surface area contributed by atoms with Crippen LogP contribution in [0, 0.1) is 6.92 Å². The van der Waals surface area contributed by atoms with Crippen LogP contribution in [0.3, 0.4) is 0 Å². The second-order valence-electron chi connectivity index (χ2n) is 8.44. The Balaban J connectivity index is 1.65. The van der Waals surface area contributed by atoms with E-state index in [0.717, 1.165) is 21.3 Å². The van der Waals surface area contributed by atoms with E-state index in [1.165, 1.54) is 25.4 Å². The minimum Gasteiger partial charge on any atom is -0.493 e. The van der Waals surface area contributed by atoms with Crippen molar-refractivity contribution >= 4 is 25.5 Å². The van der Waals surface area contributed by atoms with Gasteiger partial charge in [0.1, 0.15) is 0 Å². The smallest absolute Gasteiger partial charge is 0.493 e. The number of pyridine rings is 1. The number of anilines is 1. The number of halogens is 3. The molecule has 206 valence electrons. The maximum absolute atomic E-state index is 13.2. The van der Waals surface area contributed by atoms with Gasteiger partial charge < -0.3 is 5.11 Å². The molecule has 0 saturated carbocycles. The van der Waals surface area contributed by atoms with Gasteiger partial charge in [0.2, 0.25) is 15.9 Å². The van der Waals surface area contributed by atoms with Crippen molar-refractivity contribution < 1.29 is 35.1 Å². The molecule has 10 nitrogen and oxygen atoms in total. The number of alkyl halides is 3. The number of imidazole rings is 1. The molecule has 15 heteroatoms. The van der Waals surface area contributed by atoms with Crippen LogP contribution < -0.4 is 10.4 Å². The molecule has 0 aliphatic carbocycles. The van der Waals surface area contributed by atoms with Crippen LogP contribution in [0.2, 0.25) is 0 Å². The van der Waals surface area contributed by atoms with Gasteiger partial charge in [-0.1, -0.05) is 30.3 Å². The molecule has 0 saturated heterocycles. The van der Waals surface area contributed by atoms with Crippen LogP contribution in [0.15, 0.2) is 82.7 Å². The largest absolute Gasteiger partial charge is 0.501 e. The van der Waals surface area contributed by atoms with Crippen molar-refractivity contribution in [2.24, 2.45) is 0 Å². The Labute approximate surface area is 221 Å². The third-order valence-electron chi connectivity index (χ3n) is 5.78. The molecule has 2 aromatic carbocycles. The van der Waals surface area contributed by atoms with Gasteiger partial charge in [-0.05, 0) is 48.4 Å². The second-order valence-corrected chi connectivity index (χ2v) is 12.1. The number of nitrogens with one attached hydrogen (secondary N) is 1. The molecule has 0 atom stereocenters. The van der Waals surface area contributed by atoms with E-state index in [0.29, 0.717) is 23.3 Å². The van der Waals surface area contributed by atoms with Crippen molar-refractivity contribution in [3.63, 3.8) is 0 Å². The molecule has 4 aromatic rings. The fraction of sp³-hybridized carbons (Fsp3) is 0.167. The number of nitrogens with zero attached hydrogens (tertiary/aromatic N) is 3. The molecule has 2 heterocycles. The van der Waals surface area contributed by atoms with Gasteiger partial charge in [-0.3, -0.25) is 14.3 Å². The normalized spacial score (nSPS) is 12.4. The van der Waals surface area contributed by atoms with Crippen molar-refractivity contribution in [2.75, 3.05) is 4.72 Å². The highest BCUT2D eigenvalue weighted by Gasteiger charge is 2.46. The number of sulfonamides is 1. The summed E-state index contributed by atoms with van der Waals surface area (Å²) in [6.07, 6.45) is 2.66. The fourth-order valence-corrected chi connectivity index (χ4v) is 5.77. The number of hydrogen-bond acceptors (Lipinski definition) is 7. The number of benzene rings is 2. The van der Waals surface area contributed by atoms with Crippen LogP contribution in [0.25, 0.3) is 5.69 Å². The summed E-state index contributed by atoms with van der Waals surface area (Å²) in [4.78, 5) is 16.1. The number of rotatable bonds is 8. The maximum atomic E-state index is 13.2. The van der Waals surface area contributed by atoms with E-state index in [9.17, 15) is 39.9 Å². The molecular weight excluding hydrogens is 561 g/mol. The Kier molecular flexibility index (Phi) is 7.32. The van der Waals surface area contributed by atoms with Gasteiger partial charge in [0.15, 0.2) is 0 Å². The Morgan fingerprint density at radius 2 is 1.62 bits per heavy atom. The van der Waals surface area contributed by atoms with Crippen LogP contribution >= 0.6 is 0 Å². The van der Waals surface area contributed by atoms with Crippen LogP contribution in [-0.2, 0) is 32.2 Å². The Morgan fingerprint density at radius 1 is 0.974 bits per heavy atom. The highest BCUT2D eigenvalue weighted by molar-refractivity contribution is 7.92. The summed E-state index contributed by atoms with van der Waals surface area (Å²) in [5, 5.41) is 10.6. The molecule has 0 aliphatic rings. The topological polar surface area (TPSA) is 140 Å². The molecular formula is C24H21F3N4O6S2. The lowest BCUT2D eigenvalue weighted by molar-refractivity contribution is -0.0436. The van der Waals surface area contributed by atoms with E-state index < -0.39 is 41.8 Å². The first kappa shape index (κ1) is 27.9. The third kappa shape index (κ3) is 5.68. The zero-order valence-corrected chi connectivity index (χ0v) is 21.8. The summed E-state index contributed by atoms with van der Waals surface area (Å²) in [7, 11) is -9.45. The molecule has 0 bridgehead atoms. The Morgan fingerprint density at radius 3 is 2.23 bits per heavy atom. The summed E-state index contributed by atoms with van der Waals surface area (Å²) in [5.41, 5.74) is -5.31. The lowest BCUT2D eigenvalue weighted by Gasteiger charge is -2.13. The highest BCUT2D eigenvalue weighted by Crippen LogP contribution is 2.31. The van der Waals surface area contributed by atoms with Crippen LogP contribution in [0.4, 0.5) is 18.9 Å². The van der Waals surface area contributed by atoms with Crippen molar-refractivity contribution in [1.82, 2.24) is 14.1 Å². The van der Waals surface area contributed by atoms with Gasteiger partial charge >= 0.3 is 11.2 Å². The van der Waals surface area contributed by atoms with Crippen molar-refractivity contribution in [1.29, 1.82) is 0 Å². The maximum Gasteiger partial charge on any atom is 0.501 e. The van der Waals surface area contributed by atoms with Gasteiger partial charge in [0.05, 0.1) is 40.5 Å². The molecule has 2 N–H and O–H groups in total. The number of aromatic hydroxyl groups is 1. The quantitative estimate of drug-likeness (QED) is 0.325. The van der Waals surface area contributed by atoms with E-state index in [1.54, 1.807) is 30.3 Å². The predicted octanol–water partition coefficient (Wildman–Crippen LogP) is 3.33. The lowest BCUT2D eigenvalue weighted by atomic mass is 10.2. The first-order chi connectivity index (χ1) is 18.2. The van der Waals surface area contributed by atoms with Gasteiger partial charge in [-0.2, -0.15) is 13.2 Å². The van der Waals surface area contributed by atoms with Gasteiger partial charge in [0.25, 0.3) is 9.84 Å². The van der Waals surface area contributed by atoms with Gasteiger partial charge in [-0.25, -0.2) is 26.2 Å². The molecule has 2 aromatic heterocycles. The monoisotopic (exact) mass is 582 g/mol. The summed E-state index contributed by atoms with van der Waals surface area (Å²) in [5.74, 6) is -0.843. The molecule has 0 fully saturated rings. The van der Waals surface area contributed by atoms with Crippen LogP contribution in [-0.4, -0.2) is 41.6 Å². The third-order valence-corrected chi connectivity index (χ3v) is 8.52. The fourth-order valence-electron chi connectivity index (χ4n) is 3.78. The summed E-state index contributed by atoms with van der Waals surface area (Å²) < 4.78 is 91.7. The van der Waals surface area contributed by atoms with Crippen molar-refractivity contribution in [3.05, 3.63) is 100 Å². The van der Waals surface area contributed by atoms with E-state index in [2.05, 4.69) is 9.71 Å². The molecule has 0 aliphatic heterocycles. The molecule has 39 heavy (non-hydrogen) atoms. The molecule has 4 rings (SSSR count). The Hall–Kier alpha value is -4.11. The van der Waals surface area contributed by atoms with Gasteiger partial charge in [0, 0.05) is 6.20 Å². The van der Waals surface area contributed by atoms with Crippen molar-refractivity contribution in [2.45, 2.75) is 29.6 Å². The molecule has 0 spiro atoms. The van der Waals surface area contributed by atoms with Crippen LogP contribution in [0.5, 0.6) is 5.88 Å². The zero-order valence-electron chi connectivity index (χ0n) is 20.1. The molecule has 0 radical (unpaired) electrons. The lowest BCUT2D eigenvalue weighted by Crippen LogP contribution is -2.25. The molecule has 0 amide bonds. The number of sulfone groups is 1. The number of aromatic nitrogens is 3. The first-order valence-corrected chi connectivity index (χ1v) is 14.2. The standard InChI is InChI=1S/C24H21F3N4O6S2/c1-16-22(32)31(19-7-9-20(10-8-19)39(36,37)24(25,26)27)23(33)30(16)14-18-11-12-28-13-21(18)29-38(34,35)15-17-5-3-2-4-6-17/h2-13,29,32H,14-15H2,1H3. The Bertz CT molecular complexity index is 1780. The minimum atomic E-state index is -5.60. The second kappa shape index (κ2) is 10.2. The van der Waals surface area contributed by atoms with E-state index in [4.69, 9.17) is 0 Å². The average molecular weight is 583 g/mol.